The Labute approximate surface area is 181 Å². The summed E-state index contributed by atoms with van der Waals surface area (Å²) in [4.78, 5) is 27.6. The quantitative estimate of drug-likeness (QED) is 0.642. The second kappa shape index (κ2) is 11.5. The molecule has 3 rings (SSSR count). The number of carbonyl (C=O) groups excluding carboxylic acids is 2. The molecule has 1 fully saturated rings. The number of thioether (sulfide) groups is 1. The first kappa shape index (κ1) is 22.0. The SMILES string of the molecule is COc1ccc(SCCN2CC[C@@H](NC(=O)OCc3ccccc3)CCC2=O)cc1. The zero-order valence-corrected chi connectivity index (χ0v) is 18.0. The van der Waals surface area contributed by atoms with Gasteiger partial charge in [0.1, 0.15) is 12.4 Å². The fourth-order valence-electron chi connectivity index (χ4n) is 3.29. The fourth-order valence-corrected chi connectivity index (χ4v) is 4.17. The largest absolute Gasteiger partial charge is 0.497 e. The molecule has 0 aromatic heterocycles. The number of alkyl carbamates (subject to hydrolysis) is 1. The summed E-state index contributed by atoms with van der Waals surface area (Å²) >= 11 is 1.72. The summed E-state index contributed by atoms with van der Waals surface area (Å²) < 4.78 is 10.5. The van der Waals surface area contributed by atoms with Crippen molar-refractivity contribution in [3.05, 3.63) is 60.2 Å². The summed E-state index contributed by atoms with van der Waals surface area (Å²) in [6, 6.07) is 17.5. The van der Waals surface area contributed by atoms with Gasteiger partial charge in [0, 0.05) is 36.2 Å². The number of methoxy groups -OCH3 is 1. The lowest BCUT2D eigenvalue weighted by Gasteiger charge is -2.21. The van der Waals surface area contributed by atoms with Crippen LogP contribution in [0, 0.1) is 0 Å². The van der Waals surface area contributed by atoms with Gasteiger partial charge in [-0.2, -0.15) is 0 Å². The van der Waals surface area contributed by atoms with E-state index in [0.717, 1.165) is 28.4 Å². The van der Waals surface area contributed by atoms with Gasteiger partial charge in [0.05, 0.1) is 7.11 Å². The van der Waals surface area contributed by atoms with E-state index in [1.54, 1.807) is 18.9 Å². The predicted molar refractivity (Wildman–Crippen MR) is 118 cm³/mol. The van der Waals surface area contributed by atoms with E-state index in [-0.39, 0.29) is 18.6 Å². The van der Waals surface area contributed by atoms with Gasteiger partial charge in [0.2, 0.25) is 5.91 Å². The van der Waals surface area contributed by atoms with Crippen molar-refractivity contribution in [2.24, 2.45) is 0 Å². The van der Waals surface area contributed by atoms with Gasteiger partial charge in [-0.1, -0.05) is 30.3 Å². The third-order valence-electron chi connectivity index (χ3n) is 5.03. The molecule has 0 radical (unpaired) electrons. The lowest BCUT2D eigenvalue weighted by molar-refractivity contribution is -0.130. The molecular formula is C23H28N2O4S. The van der Waals surface area contributed by atoms with Crippen molar-refractivity contribution in [3.63, 3.8) is 0 Å². The third kappa shape index (κ3) is 6.99. The molecular weight excluding hydrogens is 400 g/mol. The third-order valence-corrected chi connectivity index (χ3v) is 6.02. The van der Waals surface area contributed by atoms with Crippen LogP contribution in [0.5, 0.6) is 5.75 Å². The smallest absolute Gasteiger partial charge is 0.407 e. The van der Waals surface area contributed by atoms with E-state index in [4.69, 9.17) is 9.47 Å². The highest BCUT2D eigenvalue weighted by Gasteiger charge is 2.23. The van der Waals surface area contributed by atoms with Crippen molar-refractivity contribution in [1.82, 2.24) is 10.2 Å². The van der Waals surface area contributed by atoms with E-state index in [0.29, 0.717) is 25.9 Å². The summed E-state index contributed by atoms with van der Waals surface area (Å²) in [5.41, 5.74) is 0.948. The zero-order chi connectivity index (χ0) is 21.2. The number of benzene rings is 2. The van der Waals surface area contributed by atoms with Crippen molar-refractivity contribution in [2.45, 2.75) is 36.8 Å². The molecule has 160 valence electrons. The topological polar surface area (TPSA) is 67.9 Å². The molecule has 0 bridgehead atoms. The van der Waals surface area contributed by atoms with Crippen molar-refractivity contribution in [1.29, 1.82) is 0 Å². The Hall–Kier alpha value is -2.67. The van der Waals surface area contributed by atoms with Crippen LogP contribution in [-0.2, 0) is 16.1 Å². The highest BCUT2D eigenvalue weighted by Crippen LogP contribution is 2.22. The minimum Gasteiger partial charge on any atom is -0.497 e. The minimum atomic E-state index is -0.431. The second-order valence-electron chi connectivity index (χ2n) is 7.14. The fraction of sp³-hybridized carbons (Fsp3) is 0.391. The van der Waals surface area contributed by atoms with E-state index in [1.807, 2.05) is 59.5 Å². The second-order valence-corrected chi connectivity index (χ2v) is 8.30. The van der Waals surface area contributed by atoms with Crippen LogP contribution in [0.4, 0.5) is 4.79 Å². The van der Waals surface area contributed by atoms with Gasteiger partial charge in [-0.15, -0.1) is 11.8 Å². The number of carbonyl (C=O) groups is 2. The predicted octanol–water partition coefficient (Wildman–Crippen LogP) is 4.09. The summed E-state index contributed by atoms with van der Waals surface area (Å²) in [5, 5.41) is 2.91. The van der Waals surface area contributed by atoms with Crippen LogP contribution >= 0.6 is 11.8 Å². The van der Waals surface area contributed by atoms with Crippen LogP contribution in [-0.4, -0.2) is 48.9 Å². The monoisotopic (exact) mass is 428 g/mol. The van der Waals surface area contributed by atoms with E-state index in [2.05, 4.69) is 5.32 Å². The highest BCUT2D eigenvalue weighted by molar-refractivity contribution is 7.99. The van der Waals surface area contributed by atoms with E-state index in [1.165, 1.54) is 0 Å². The molecule has 1 N–H and O–H groups in total. The van der Waals surface area contributed by atoms with Gasteiger partial charge in [0.15, 0.2) is 0 Å². The number of amides is 2. The van der Waals surface area contributed by atoms with Gasteiger partial charge in [-0.25, -0.2) is 4.79 Å². The zero-order valence-electron chi connectivity index (χ0n) is 17.2. The average Bonchev–Trinajstić information content (AvgIpc) is 2.95. The molecule has 1 aliphatic heterocycles. The van der Waals surface area contributed by atoms with Crippen LogP contribution < -0.4 is 10.1 Å². The number of rotatable bonds is 8. The molecule has 30 heavy (non-hydrogen) atoms. The Balaban J connectivity index is 1.38. The molecule has 7 heteroatoms. The number of nitrogens with zero attached hydrogens (tertiary/aromatic N) is 1. The molecule has 6 nitrogen and oxygen atoms in total. The Kier molecular flexibility index (Phi) is 8.44. The van der Waals surface area contributed by atoms with Crippen LogP contribution in [0.25, 0.3) is 0 Å². The standard InChI is InChI=1S/C23H28N2O4S/c1-28-20-8-10-21(11-9-20)30-16-15-25-14-13-19(7-12-22(25)26)24-23(27)29-17-18-5-3-2-4-6-18/h2-6,8-11,19H,7,12-17H2,1H3,(H,24,27)/t19-/m0/s1. The maximum absolute atomic E-state index is 12.4. The molecule has 2 amide bonds. The lowest BCUT2D eigenvalue weighted by Crippen LogP contribution is -2.36. The van der Waals surface area contributed by atoms with Crippen LogP contribution in [0.1, 0.15) is 24.8 Å². The summed E-state index contributed by atoms with van der Waals surface area (Å²) in [6.07, 6.45) is 1.39. The molecule has 1 atom stereocenters. The molecule has 2 aromatic rings. The number of ether oxygens (including phenoxy) is 2. The number of hydrogen-bond acceptors (Lipinski definition) is 5. The van der Waals surface area contributed by atoms with Crippen molar-refractivity contribution >= 4 is 23.8 Å². The van der Waals surface area contributed by atoms with Crippen LogP contribution in [0.15, 0.2) is 59.5 Å². The van der Waals surface area contributed by atoms with E-state index >= 15 is 0 Å². The number of nitrogens with one attached hydrogen (secondary N) is 1. The normalized spacial score (nSPS) is 16.6. The summed E-state index contributed by atoms with van der Waals surface area (Å²) in [7, 11) is 1.65. The van der Waals surface area contributed by atoms with Gasteiger partial charge in [-0.3, -0.25) is 4.79 Å². The van der Waals surface area contributed by atoms with E-state index < -0.39 is 6.09 Å². The summed E-state index contributed by atoms with van der Waals surface area (Å²) in [6.45, 7) is 1.58. The van der Waals surface area contributed by atoms with Crippen molar-refractivity contribution < 1.29 is 19.1 Å². The van der Waals surface area contributed by atoms with Crippen LogP contribution in [0.3, 0.4) is 0 Å². The van der Waals surface area contributed by atoms with Gasteiger partial charge in [0.25, 0.3) is 0 Å². The number of likely N-dealkylation sites (tertiary alicyclic amines) is 1. The first-order valence-electron chi connectivity index (χ1n) is 10.2. The van der Waals surface area contributed by atoms with Crippen molar-refractivity contribution in [3.8, 4) is 5.75 Å². The maximum Gasteiger partial charge on any atom is 0.407 e. The first-order chi connectivity index (χ1) is 14.6. The molecule has 0 spiro atoms. The molecule has 1 heterocycles. The minimum absolute atomic E-state index is 0.0449. The molecule has 0 unspecified atom stereocenters. The Bertz CT molecular complexity index is 814. The Morgan fingerprint density at radius 3 is 2.63 bits per heavy atom. The molecule has 2 aromatic carbocycles. The summed E-state index contributed by atoms with van der Waals surface area (Å²) in [5.74, 6) is 1.81. The van der Waals surface area contributed by atoms with Crippen molar-refractivity contribution in [2.75, 3.05) is 26.0 Å². The van der Waals surface area contributed by atoms with Gasteiger partial charge >= 0.3 is 6.09 Å². The van der Waals surface area contributed by atoms with Gasteiger partial charge < -0.3 is 19.7 Å². The number of hydrogen-bond donors (Lipinski definition) is 1. The van der Waals surface area contributed by atoms with E-state index in [9.17, 15) is 9.59 Å². The Morgan fingerprint density at radius 2 is 1.90 bits per heavy atom. The molecule has 1 aliphatic rings. The van der Waals surface area contributed by atoms with Gasteiger partial charge in [-0.05, 0) is 42.7 Å². The lowest BCUT2D eigenvalue weighted by atomic mass is 10.1. The maximum atomic E-state index is 12.4. The average molecular weight is 429 g/mol. The van der Waals surface area contributed by atoms with Crippen LogP contribution in [0.2, 0.25) is 0 Å². The first-order valence-corrected chi connectivity index (χ1v) is 11.1. The molecule has 1 saturated heterocycles. The molecule has 0 aliphatic carbocycles. The highest BCUT2D eigenvalue weighted by atomic mass is 32.2. The Morgan fingerprint density at radius 1 is 1.13 bits per heavy atom. The molecule has 0 saturated carbocycles.